The molecule has 1 aromatic carbocycles. The second-order valence-electron chi connectivity index (χ2n) is 7.73. The van der Waals surface area contributed by atoms with Crippen molar-refractivity contribution in [2.24, 2.45) is 11.8 Å². The SMILES string of the molecule is C=C(CNC(=O)c1ccco1)Nc1ccc(Cl)cc1C(=O)N1C[C@H](C)C[C@H](C)C1. The van der Waals surface area contributed by atoms with E-state index in [0.29, 0.717) is 33.8 Å². The maximum atomic E-state index is 13.2. The molecule has 3 rings (SSSR count). The van der Waals surface area contributed by atoms with Crippen molar-refractivity contribution >= 4 is 29.1 Å². The molecule has 0 radical (unpaired) electrons. The van der Waals surface area contributed by atoms with E-state index in [9.17, 15) is 9.59 Å². The van der Waals surface area contributed by atoms with E-state index in [4.69, 9.17) is 16.0 Å². The number of likely N-dealkylation sites (tertiary alicyclic amines) is 1. The molecule has 0 aliphatic carbocycles. The van der Waals surface area contributed by atoms with Gasteiger partial charge in [-0.3, -0.25) is 9.59 Å². The second-order valence-corrected chi connectivity index (χ2v) is 8.17. The molecule has 2 heterocycles. The average molecular weight is 416 g/mol. The third-order valence-corrected chi connectivity index (χ3v) is 5.12. The zero-order valence-electron chi connectivity index (χ0n) is 16.7. The number of furan rings is 1. The van der Waals surface area contributed by atoms with E-state index in [-0.39, 0.29) is 24.1 Å². The van der Waals surface area contributed by atoms with Gasteiger partial charge in [0, 0.05) is 23.8 Å². The first kappa shape index (κ1) is 21.0. The molecule has 2 amide bonds. The van der Waals surface area contributed by atoms with Crippen LogP contribution in [0.1, 0.15) is 41.2 Å². The van der Waals surface area contributed by atoms with Crippen LogP contribution in [0.2, 0.25) is 5.02 Å². The molecule has 2 atom stereocenters. The molecular formula is C22H26ClN3O3. The van der Waals surface area contributed by atoms with Crippen LogP contribution in [0.15, 0.2) is 53.3 Å². The summed E-state index contributed by atoms with van der Waals surface area (Å²) in [6, 6.07) is 8.38. The molecular weight excluding hydrogens is 390 g/mol. The Kier molecular flexibility index (Phi) is 6.64. The highest BCUT2D eigenvalue weighted by atomic mass is 35.5. The number of rotatable bonds is 6. The first-order valence-electron chi connectivity index (χ1n) is 9.68. The fourth-order valence-corrected chi connectivity index (χ4v) is 3.89. The van der Waals surface area contributed by atoms with Crippen LogP contribution in [0.3, 0.4) is 0 Å². The molecule has 29 heavy (non-hydrogen) atoms. The summed E-state index contributed by atoms with van der Waals surface area (Å²) in [6.07, 6.45) is 2.56. The third kappa shape index (κ3) is 5.41. The van der Waals surface area contributed by atoms with Crippen LogP contribution in [-0.2, 0) is 0 Å². The van der Waals surface area contributed by atoms with Crippen molar-refractivity contribution in [1.82, 2.24) is 10.2 Å². The molecule has 154 valence electrons. The highest BCUT2D eigenvalue weighted by molar-refractivity contribution is 6.31. The largest absolute Gasteiger partial charge is 0.459 e. The number of carbonyl (C=O) groups is 2. The number of nitrogens with one attached hydrogen (secondary N) is 2. The Morgan fingerprint density at radius 1 is 1.24 bits per heavy atom. The van der Waals surface area contributed by atoms with Crippen molar-refractivity contribution in [2.75, 3.05) is 25.0 Å². The zero-order chi connectivity index (χ0) is 21.0. The van der Waals surface area contributed by atoms with Gasteiger partial charge in [0.2, 0.25) is 0 Å². The fourth-order valence-electron chi connectivity index (χ4n) is 3.72. The summed E-state index contributed by atoms with van der Waals surface area (Å²) < 4.78 is 5.07. The van der Waals surface area contributed by atoms with Gasteiger partial charge in [0.15, 0.2) is 5.76 Å². The van der Waals surface area contributed by atoms with Crippen LogP contribution in [-0.4, -0.2) is 36.3 Å². The molecule has 1 fully saturated rings. The third-order valence-electron chi connectivity index (χ3n) is 4.89. The highest BCUT2D eigenvalue weighted by Crippen LogP contribution is 2.27. The van der Waals surface area contributed by atoms with Gasteiger partial charge in [-0.1, -0.05) is 32.0 Å². The van der Waals surface area contributed by atoms with Crippen molar-refractivity contribution in [2.45, 2.75) is 20.3 Å². The highest BCUT2D eigenvalue weighted by Gasteiger charge is 2.27. The molecule has 0 saturated carbocycles. The van der Waals surface area contributed by atoms with Crippen molar-refractivity contribution in [3.63, 3.8) is 0 Å². The van der Waals surface area contributed by atoms with Crippen LogP contribution >= 0.6 is 11.6 Å². The summed E-state index contributed by atoms with van der Waals surface area (Å²) in [6.45, 7) is 9.93. The van der Waals surface area contributed by atoms with Crippen LogP contribution in [0.5, 0.6) is 0 Å². The number of anilines is 1. The lowest BCUT2D eigenvalue weighted by Gasteiger charge is -2.35. The van der Waals surface area contributed by atoms with E-state index < -0.39 is 0 Å². The molecule has 2 aromatic rings. The maximum Gasteiger partial charge on any atom is 0.287 e. The van der Waals surface area contributed by atoms with E-state index in [1.165, 1.54) is 6.26 Å². The Labute approximate surface area is 175 Å². The van der Waals surface area contributed by atoms with Gasteiger partial charge in [-0.25, -0.2) is 0 Å². The molecule has 1 aliphatic rings. The summed E-state index contributed by atoms with van der Waals surface area (Å²) in [5.41, 5.74) is 1.65. The summed E-state index contributed by atoms with van der Waals surface area (Å²) in [5.74, 6) is 0.770. The van der Waals surface area contributed by atoms with Gasteiger partial charge in [0.1, 0.15) is 0 Å². The fraction of sp³-hybridized carbons (Fsp3) is 0.364. The van der Waals surface area contributed by atoms with Crippen molar-refractivity contribution in [3.8, 4) is 0 Å². The molecule has 1 aliphatic heterocycles. The lowest BCUT2D eigenvalue weighted by atomic mass is 9.91. The van der Waals surface area contributed by atoms with Crippen LogP contribution in [0.25, 0.3) is 0 Å². The summed E-state index contributed by atoms with van der Waals surface area (Å²) in [5, 5.41) is 6.35. The van der Waals surface area contributed by atoms with Crippen molar-refractivity contribution in [3.05, 3.63) is 65.2 Å². The Bertz CT molecular complexity index is 885. The normalized spacial score (nSPS) is 18.9. The maximum absolute atomic E-state index is 13.2. The first-order chi connectivity index (χ1) is 13.8. The summed E-state index contributed by atoms with van der Waals surface area (Å²) in [7, 11) is 0. The van der Waals surface area contributed by atoms with Crippen molar-refractivity contribution < 1.29 is 14.0 Å². The Morgan fingerprint density at radius 2 is 1.97 bits per heavy atom. The van der Waals surface area contributed by atoms with Crippen LogP contribution in [0.4, 0.5) is 5.69 Å². The van der Waals surface area contributed by atoms with E-state index in [0.717, 1.165) is 19.5 Å². The molecule has 0 spiro atoms. The van der Waals surface area contributed by atoms with Gasteiger partial charge in [0.05, 0.1) is 24.1 Å². The summed E-state index contributed by atoms with van der Waals surface area (Å²) >= 11 is 6.17. The van der Waals surface area contributed by atoms with Gasteiger partial charge in [-0.15, -0.1) is 0 Å². The number of halogens is 1. The number of hydrogen-bond acceptors (Lipinski definition) is 4. The smallest absolute Gasteiger partial charge is 0.287 e. The summed E-state index contributed by atoms with van der Waals surface area (Å²) in [4.78, 5) is 27.1. The number of hydrogen-bond donors (Lipinski definition) is 2. The monoisotopic (exact) mass is 415 g/mol. The molecule has 1 aromatic heterocycles. The van der Waals surface area contributed by atoms with Gasteiger partial charge in [-0.2, -0.15) is 0 Å². The van der Waals surface area contributed by atoms with E-state index in [1.54, 1.807) is 30.3 Å². The van der Waals surface area contributed by atoms with Crippen LogP contribution < -0.4 is 10.6 Å². The van der Waals surface area contributed by atoms with Gasteiger partial charge in [-0.05, 0) is 48.6 Å². The molecule has 2 N–H and O–H groups in total. The standard InChI is InChI=1S/C22H26ClN3O3/c1-14-9-15(2)13-26(12-14)22(28)18-10-17(23)6-7-19(18)25-16(3)11-24-21(27)20-5-4-8-29-20/h4-8,10,14-15,25H,3,9,11-13H2,1-2H3,(H,24,27)/t14-,15+. The molecule has 0 unspecified atom stereocenters. The number of nitrogens with zero attached hydrogens (tertiary/aromatic N) is 1. The Balaban J connectivity index is 1.68. The number of piperidine rings is 1. The van der Waals surface area contributed by atoms with Gasteiger partial charge < -0.3 is 20.0 Å². The first-order valence-corrected chi connectivity index (χ1v) is 10.1. The molecule has 1 saturated heterocycles. The number of benzene rings is 1. The van der Waals surface area contributed by atoms with Crippen molar-refractivity contribution in [1.29, 1.82) is 0 Å². The number of carbonyl (C=O) groups excluding carboxylic acids is 2. The van der Waals surface area contributed by atoms with E-state index in [2.05, 4.69) is 31.1 Å². The average Bonchev–Trinajstić information content (AvgIpc) is 3.21. The Hall–Kier alpha value is -2.73. The quantitative estimate of drug-likeness (QED) is 0.732. The van der Waals surface area contributed by atoms with Crippen LogP contribution in [0, 0.1) is 11.8 Å². The lowest BCUT2D eigenvalue weighted by molar-refractivity contribution is 0.0624. The Morgan fingerprint density at radius 3 is 2.62 bits per heavy atom. The van der Waals surface area contributed by atoms with E-state index >= 15 is 0 Å². The zero-order valence-corrected chi connectivity index (χ0v) is 17.5. The predicted octanol–water partition coefficient (Wildman–Crippen LogP) is 4.41. The number of amides is 2. The van der Waals surface area contributed by atoms with E-state index in [1.807, 2.05) is 4.90 Å². The second kappa shape index (κ2) is 9.18. The van der Waals surface area contributed by atoms with Gasteiger partial charge in [0.25, 0.3) is 11.8 Å². The lowest BCUT2D eigenvalue weighted by Crippen LogP contribution is -2.42. The minimum absolute atomic E-state index is 0.0548. The minimum atomic E-state index is -0.332. The molecule has 0 bridgehead atoms. The topological polar surface area (TPSA) is 74.6 Å². The minimum Gasteiger partial charge on any atom is -0.459 e. The predicted molar refractivity (Wildman–Crippen MR) is 114 cm³/mol. The molecule has 7 heteroatoms. The molecule has 6 nitrogen and oxygen atoms in total. The van der Waals surface area contributed by atoms with Gasteiger partial charge >= 0.3 is 0 Å².